The minimum atomic E-state index is -0.243. The van der Waals surface area contributed by atoms with Gasteiger partial charge in [0, 0.05) is 24.5 Å². The molecule has 0 saturated carbocycles. The van der Waals surface area contributed by atoms with Gasteiger partial charge in [-0.05, 0) is 32.6 Å². The molecule has 1 atom stereocenters. The third kappa shape index (κ3) is 2.28. The molecule has 0 aliphatic carbocycles. The van der Waals surface area contributed by atoms with Crippen molar-refractivity contribution < 1.29 is 0 Å². The van der Waals surface area contributed by atoms with E-state index in [2.05, 4.69) is 20.1 Å². The minimum Gasteiger partial charge on any atom is -0.353 e. The SMILES string of the molecule is Cc1nc(N2CCCCC2CCCl)cc2n[nH]c(=O)n12. The van der Waals surface area contributed by atoms with Gasteiger partial charge in [0.15, 0.2) is 5.65 Å². The summed E-state index contributed by atoms with van der Waals surface area (Å²) in [7, 11) is 0. The molecule has 6 nitrogen and oxygen atoms in total. The van der Waals surface area contributed by atoms with Crippen molar-refractivity contribution in [3.05, 3.63) is 22.4 Å². The van der Waals surface area contributed by atoms with Crippen LogP contribution in [0, 0.1) is 6.92 Å². The Balaban J connectivity index is 2.02. The molecule has 1 fully saturated rings. The minimum absolute atomic E-state index is 0.243. The van der Waals surface area contributed by atoms with E-state index in [-0.39, 0.29) is 5.69 Å². The molecule has 0 amide bonds. The third-order valence-corrected chi connectivity index (χ3v) is 4.14. The topological polar surface area (TPSA) is 66.3 Å². The van der Waals surface area contributed by atoms with Crippen LogP contribution in [0.5, 0.6) is 0 Å². The maximum Gasteiger partial charge on any atom is 0.349 e. The highest BCUT2D eigenvalue weighted by Crippen LogP contribution is 2.26. The second-order valence-corrected chi connectivity index (χ2v) is 5.58. The Kier molecular flexibility index (Phi) is 3.65. The molecule has 1 unspecified atom stereocenters. The summed E-state index contributed by atoms with van der Waals surface area (Å²) in [5.41, 5.74) is 0.375. The van der Waals surface area contributed by atoms with Gasteiger partial charge in [-0.15, -0.1) is 11.6 Å². The highest BCUT2D eigenvalue weighted by molar-refractivity contribution is 6.17. The van der Waals surface area contributed by atoms with E-state index in [0.29, 0.717) is 23.4 Å². The van der Waals surface area contributed by atoms with Crippen molar-refractivity contribution >= 4 is 23.1 Å². The number of nitrogens with one attached hydrogen (secondary N) is 1. The van der Waals surface area contributed by atoms with E-state index >= 15 is 0 Å². The van der Waals surface area contributed by atoms with E-state index in [1.807, 2.05) is 13.0 Å². The molecule has 0 aromatic carbocycles. The van der Waals surface area contributed by atoms with Crippen molar-refractivity contribution in [3.63, 3.8) is 0 Å². The normalized spacial score (nSPS) is 19.7. The van der Waals surface area contributed by atoms with Crippen LogP contribution in [0.2, 0.25) is 0 Å². The van der Waals surface area contributed by atoms with Gasteiger partial charge in [0.2, 0.25) is 0 Å². The zero-order valence-electron chi connectivity index (χ0n) is 11.5. The molecule has 3 rings (SSSR count). The molecule has 2 aromatic heterocycles. The van der Waals surface area contributed by atoms with E-state index in [9.17, 15) is 4.79 Å². The fraction of sp³-hybridized carbons (Fsp3) is 0.615. The molecule has 0 bridgehead atoms. The third-order valence-electron chi connectivity index (χ3n) is 3.92. The predicted octanol–water partition coefficient (Wildman–Crippen LogP) is 1.71. The summed E-state index contributed by atoms with van der Waals surface area (Å²) in [5.74, 6) is 2.21. The molecule has 0 radical (unpaired) electrons. The first-order chi connectivity index (χ1) is 9.70. The monoisotopic (exact) mass is 295 g/mol. The highest BCUT2D eigenvalue weighted by atomic mass is 35.5. The fourth-order valence-electron chi connectivity index (χ4n) is 2.96. The Hall–Kier alpha value is -1.56. The lowest BCUT2D eigenvalue weighted by Crippen LogP contribution is -2.40. The van der Waals surface area contributed by atoms with Gasteiger partial charge in [-0.2, -0.15) is 5.10 Å². The Morgan fingerprint density at radius 2 is 2.35 bits per heavy atom. The molecule has 3 heterocycles. The highest BCUT2D eigenvalue weighted by Gasteiger charge is 2.24. The number of rotatable bonds is 3. The molecule has 108 valence electrons. The van der Waals surface area contributed by atoms with Crippen LogP contribution in [0.25, 0.3) is 5.65 Å². The number of aryl methyl sites for hydroxylation is 1. The van der Waals surface area contributed by atoms with Gasteiger partial charge >= 0.3 is 5.69 Å². The van der Waals surface area contributed by atoms with E-state index in [0.717, 1.165) is 31.6 Å². The van der Waals surface area contributed by atoms with Crippen LogP contribution in [0.1, 0.15) is 31.5 Å². The summed E-state index contributed by atoms with van der Waals surface area (Å²) in [6, 6.07) is 2.30. The second-order valence-electron chi connectivity index (χ2n) is 5.20. The van der Waals surface area contributed by atoms with Gasteiger partial charge in [-0.1, -0.05) is 0 Å². The number of halogens is 1. The lowest BCUT2D eigenvalue weighted by atomic mass is 10.00. The van der Waals surface area contributed by atoms with E-state index in [4.69, 9.17) is 11.6 Å². The van der Waals surface area contributed by atoms with Crippen LogP contribution >= 0.6 is 11.6 Å². The van der Waals surface area contributed by atoms with Gasteiger partial charge in [0.05, 0.1) is 0 Å². The number of nitrogens with zero attached hydrogens (tertiary/aromatic N) is 4. The number of alkyl halides is 1. The van der Waals surface area contributed by atoms with Crippen molar-refractivity contribution in [1.29, 1.82) is 0 Å². The van der Waals surface area contributed by atoms with Crippen molar-refractivity contribution in [2.45, 2.75) is 38.6 Å². The smallest absolute Gasteiger partial charge is 0.349 e. The first-order valence-electron chi connectivity index (χ1n) is 6.98. The number of aromatic amines is 1. The predicted molar refractivity (Wildman–Crippen MR) is 78.7 cm³/mol. The van der Waals surface area contributed by atoms with Crippen LogP contribution in [-0.2, 0) is 0 Å². The zero-order chi connectivity index (χ0) is 14.1. The van der Waals surface area contributed by atoms with Crippen LogP contribution in [-0.4, -0.2) is 38.0 Å². The number of hydrogen-bond acceptors (Lipinski definition) is 4. The molecular formula is C13H18ClN5O. The standard InChI is InChI=1S/C13H18ClN5O/c1-9-15-11(8-12-16-17-13(20)19(9)12)18-7-3-2-4-10(18)5-6-14/h8,10H,2-7H2,1H3,(H,17,20). The first-order valence-corrected chi connectivity index (χ1v) is 7.51. The summed E-state index contributed by atoms with van der Waals surface area (Å²) in [4.78, 5) is 18.5. The molecule has 1 N–H and O–H groups in total. The van der Waals surface area contributed by atoms with Crippen molar-refractivity contribution in [3.8, 4) is 0 Å². The molecule has 1 aliphatic heterocycles. The summed E-state index contributed by atoms with van der Waals surface area (Å²) >= 11 is 5.91. The summed E-state index contributed by atoms with van der Waals surface area (Å²) in [6.45, 7) is 2.81. The summed E-state index contributed by atoms with van der Waals surface area (Å²) in [5, 5.41) is 6.50. The Bertz CT molecular complexity index is 662. The van der Waals surface area contributed by atoms with E-state index in [1.54, 1.807) is 0 Å². The van der Waals surface area contributed by atoms with Crippen LogP contribution < -0.4 is 10.6 Å². The number of anilines is 1. The largest absolute Gasteiger partial charge is 0.353 e. The molecule has 0 spiro atoms. The van der Waals surface area contributed by atoms with Gasteiger partial charge in [0.25, 0.3) is 0 Å². The Labute approximate surface area is 121 Å². The molecular weight excluding hydrogens is 278 g/mol. The lowest BCUT2D eigenvalue weighted by Gasteiger charge is -2.36. The van der Waals surface area contributed by atoms with Gasteiger partial charge in [-0.3, -0.25) is 0 Å². The number of H-pyrrole nitrogens is 1. The van der Waals surface area contributed by atoms with Gasteiger partial charge in [0.1, 0.15) is 11.6 Å². The maximum absolute atomic E-state index is 11.6. The number of fused-ring (bicyclic) bond motifs is 1. The molecule has 1 aliphatic rings. The fourth-order valence-corrected chi connectivity index (χ4v) is 3.21. The van der Waals surface area contributed by atoms with E-state index in [1.165, 1.54) is 10.8 Å². The molecule has 7 heteroatoms. The number of hydrogen-bond donors (Lipinski definition) is 1. The van der Waals surface area contributed by atoms with Gasteiger partial charge in [-0.25, -0.2) is 19.3 Å². The Morgan fingerprint density at radius 3 is 3.15 bits per heavy atom. The summed E-state index contributed by atoms with van der Waals surface area (Å²) in [6.07, 6.45) is 4.51. The van der Waals surface area contributed by atoms with Crippen molar-refractivity contribution in [2.24, 2.45) is 0 Å². The first kappa shape index (κ1) is 13.4. The van der Waals surface area contributed by atoms with Crippen molar-refractivity contribution in [1.82, 2.24) is 19.6 Å². The summed E-state index contributed by atoms with van der Waals surface area (Å²) < 4.78 is 1.49. The Morgan fingerprint density at radius 1 is 1.50 bits per heavy atom. The van der Waals surface area contributed by atoms with Crippen molar-refractivity contribution in [2.75, 3.05) is 17.3 Å². The quantitative estimate of drug-likeness (QED) is 0.876. The van der Waals surface area contributed by atoms with Crippen LogP contribution in [0.15, 0.2) is 10.9 Å². The average Bonchev–Trinajstić information content (AvgIpc) is 2.82. The van der Waals surface area contributed by atoms with Crippen LogP contribution in [0.4, 0.5) is 5.82 Å². The maximum atomic E-state index is 11.6. The molecule has 20 heavy (non-hydrogen) atoms. The number of piperidine rings is 1. The molecule has 2 aromatic rings. The zero-order valence-corrected chi connectivity index (χ0v) is 12.2. The van der Waals surface area contributed by atoms with E-state index < -0.39 is 0 Å². The van der Waals surface area contributed by atoms with Crippen LogP contribution in [0.3, 0.4) is 0 Å². The van der Waals surface area contributed by atoms with Gasteiger partial charge < -0.3 is 4.90 Å². The lowest BCUT2D eigenvalue weighted by molar-refractivity contribution is 0.448. The second kappa shape index (κ2) is 5.44. The number of aromatic nitrogens is 4. The average molecular weight is 296 g/mol. The molecule has 1 saturated heterocycles.